The van der Waals surface area contributed by atoms with Gasteiger partial charge in [-0.15, -0.1) is 0 Å². The van der Waals surface area contributed by atoms with E-state index in [0.29, 0.717) is 44.7 Å². The van der Waals surface area contributed by atoms with E-state index in [4.69, 9.17) is 9.47 Å². The first kappa shape index (κ1) is 26.6. The number of ether oxygens (including phenoxy) is 2. The molecule has 0 aromatic rings. The summed E-state index contributed by atoms with van der Waals surface area (Å²) in [5.74, 6) is 0.0248. The average molecular weight is 399 g/mol. The molecule has 0 rings (SSSR count). The second-order valence-corrected chi connectivity index (χ2v) is 9.18. The summed E-state index contributed by atoms with van der Waals surface area (Å²) >= 11 is 0. The minimum Gasteiger partial charge on any atom is -0.466 e. The van der Waals surface area contributed by atoms with E-state index in [1.54, 1.807) is 0 Å². The predicted octanol–water partition coefficient (Wildman–Crippen LogP) is 5.64. The Morgan fingerprint density at radius 3 is 1.29 bits per heavy atom. The summed E-state index contributed by atoms with van der Waals surface area (Å²) in [4.78, 5) is 35.1. The summed E-state index contributed by atoms with van der Waals surface area (Å²) in [7, 11) is 0. The third-order valence-corrected chi connectivity index (χ3v) is 5.24. The van der Waals surface area contributed by atoms with Crippen LogP contribution in [0, 0.1) is 10.8 Å². The summed E-state index contributed by atoms with van der Waals surface area (Å²) in [6.45, 7) is 13.0. The van der Waals surface area contributed by atoms with Crippen LogP contribution < -0.4 is 0 Å². The quantitative estimate of drug-likeness (QED) is 0.315. The number of esters is 2. The number of carbonyl (C=O) groups excluding carboxylic acids is 3. The molecule has 0 radical (unpaired) electrons. The zero-order valence-electron chi connectivity index (χ0n) is 19.0. The van der Waals surface area contributed by atoms with Gasteiger partial charge < -0.3 is 9.47 Å². The Hall–Kier alpha value is -1.39. The molecule has 0 aliphatic carbocycles. The van der Waals surface area contributed by atoms with Gasteiger partial charge in [-0.3, -0.25) is 14.4 Å². The Bertz CT molecular complexity index is 437. The van der Waals surface area contributed by atoms with Crippen molar-refractivity contribution in [2.75, 3.05) is 13.2 Å². The lowest BCUT2D eigenvalue weighted by atomic mass is 9.81. The standard InChI is InChI=1S/C23H42O5/c1-7-27-20(25)13-17-22(3,4)15-9-11-19(24)12-10-16-23(5,6)18-14-21(26)28-8-2/h7-18H2,1-6H3. The number of carbonyl (C=O) groups is 3. The summed E-state index contributed by atoms with van der Waals surface area (Å²) in [5.41, 5.74) is 0.0876. The van der Waals surface area contributed by atoms with Gasteiger partial charge in [0, 0.05) is 25.7 Å². The zero-order valence-corrected chi connectivity index (χ0v) is 19.0. The highest BCUT2D eigenvalue weighted by atomic mass is 16.5. The lowest BCUT2D eigenvalue weighted by molar-refractivity contribution is -0.144. The van der Waals surface area contributed by atoms with Crippen LogP contribution in [0.5, 0.6) is 0 Å². The van der Waals surface area contributed by atoms with Crippen LogP contribution in [0.1, 0.15) is 106 Å². The molecule has 0 fully saturated rings. The molecule has 0 aromatic carbocycles. The van der Waals surface area contributed by atoms with Crippen molar-refractivity contribution in [1.82, 2.24) is 0 Å². The normalized spacial score (nSPS) is 11.9. The number of hydrogen-bond acceptors (Lipinski definition) is 5. The fourth-order valence-electron chi connectivity index (χ4n) is 3.25. The molecule has 5 nitrogen and oxygen atoms in total. The monoisotopic (exact) mass is 398 g/mol. The fraction of sp³-hybridized carbons (Fsp3) is 0.870. The van der Waals surface area contributed by atoms with Crippen LogP contribution in [-0.2, 0) is 23.9 Å². The molecule has 0 aliphatic rings. The molecule has 0 saturated heterocycles. The van der Waals surface area contributed by atoms with Gasteiger partial charge in [0.1, 0.15) is 5.78 Å². The van der Waals surface area contributed by atoms with E-state index in [0.717, 1.165) is 38.5 Å². The highest BCUT2D eigenvalue weighted by molar-refractivity contribution is 5.78. The maximum absolute atomic E-state index is 12.2. The van der Waals surface area contributed by atoms with Crippen LogP contribution in [0.4, 0.5) is 0 Å². The van der Waals surface area contributed by atoms with Gasteiger partial charge in [0.2, 0.25) is 0 Å². The third kappa shape index (κ3) is 14.6. The van der Waals surface area contributed by atoms with Crippen molar-refractivity contribution in [1.29, 1.82) is 0 Å². The Kier molecular flexibility index (Phi) is 13.0. The smallest absolute Gasteiger partial charge is 0.305 e. The largest absolute Gasteiger partial charge is 0.466 e. The van der Waals surface area contributed by atoms with E-state index in [1.807, 2.05) is 13.8 Å². The molecule has 0 saturated carbocycles. The molecule has 0 spiro atoms. The first-order valence-corrected chi connectivity index (χ1v) is 10.8. The Labute approximate surface area is 171 Å². The maximum Gasteiger partial charge on any atom is 0.305 e. The molecule has 0 unspecified atom stereocenters. The van der Waals surface area contributed by atoms with Crippen molar-refractivity contribution in [2.24, 2.45) is 10.8 Å². The number of hydrogen-bond donors (Lipinski definition) is 0. The predicted molar refractivity (Wildman–Crippen MR) is 112 cm³/mol. The van der Waals surface area contributed by atoms with E-state index in [-0.39, 0.29) is 22.8 Å². The van der Waals surface area contributed by atoms with Crippen molar-refractivity contribution in [2.45, 2.75) is 106 Å². The molecule has 0 heterocycles. The van der Waals surface area contributed by atoms with Crippen LogP contribution in [0.15, 0.2) is 0 Å². The second kappa shape index (κ2) is 13.7. The van der Waals surface area contributed by atoms with Gasteiger partial charge in [-0.1, -0.05) is 27.7 Å². The van der Waals surface area contributed by atoms with Gasteiger partial charge >= 0.3 is 11.9 Å². The summed E-state index contributed by atoms with van der Waals surface area (Å²) in [5, 5.41) is 0. The van der Waals surface area contributed by atoms with E-state index in [1.165, 1.54) is 0 Å². The maximum atomic E-state index is 12.2. The Balaban J connectivity index is 3.97. The minimum absolute atomic E-state index is 0.0438. The zero-order chi connectivity index (χ0) is 21.6. The minimum atomic E-state index is -0.141. The van der Waals surface area contributed by atoms with Crippen molar-refractivity contribution in [3.05, 3.63) is 0 Å². The van der Waals surface area contributed by atoms with E-state index >= 15 is 0 Å². The number of Topliss-reactive ketones (excluding diaryl/α,β-unsaturated/α-hetero) is 1. The SMILES string of the molecule is CCOC(=O)CCC(C)(C)CCCC(=O)CCCC(C)(C)CCC(=O)OCC. The number of rotatable bonds is 16. The van der Waals surface area contributed by atoms with Gasteiger partial charge in [-0.25, -0.2) is 0 Å². The first-order valence-electron chi connectivity index (χ1n) is 10.8. The molecular formula is C23H42O5. The second-order valence-electron chi connectivity index (χ2n) is 9.18. The van der Waals surface area contributed by atoms with Crippen LogP contribution in [0.3, 0.4) is 0 Å². The highest BCUT2D eigenvalue weighted by Crippen LogP contribution is 2.31. The lowest BCUT2D eigenvalue weighted by Gasteiger charge is -2.24. The molecule has 0 amide bonds. The Morgan fingerprint density at radius 1 is 0.607 bits per heavy atom. The van der Waals surface area contributed by atoms with Crippen LogP contribution in [-0.4, -0.2) is 30.9 Å². The third-order valence-electron chi connectivity index (χ3n) is 5.24. The number of ketones is 1. The molecular weight excluding hydrogens is 356 g/mol. The van der Waals surface area contributed by atoms with Crippen LogP contribution >= 0.6 is 0 Å². The first-order chi connectivity index (χ1) is 13.0. The Morgan fingerprint density at radius 2 is 0.964 bits per heavy atom. The highest BCUT2D eigenvalue weighted by Gasteiger charge is 2.21. The topological polar surface area (TPSA) is 69.7 Å². The van der Waals surface area contributed by atoms with Crippen molar-refractivity contribution >= 4 is 17.7 Å². The molecule has 28 heavy (non-hydrogen) atoms. The van der Waals surface area contributed by atoms with Gasteiger partial charge in [0.05, 0.1) is 13.2 Å². The summed E-state index contributed by atoms with van der Waals surface area (Å²) in [6.07, 6.45) is 7.25. The van der Waals surface area contributed by atoms with Gasteiger partial charge in [-0.05, 0) is 63.2 Å². The van der Waals surface area contributed by atoms with Gasteiger partial charge in [-0.2, -0.15) is 0 Å². The summed E-state index contributed by atoms with van der Waals surface area (Å²) in [6, 6.07) is 0. The van der Waals surface area contributed by atoms with Crippen molar-refractivity contribution < 1.29 is 23.9 Å². The fourth-order valence-corrected chi connectivity index (χ4v) is 3.25. The summed E-state index contributed by atoms with van der Waals surface area (Å²) < 4.78 is 9.95. The van der Waals surface area contributed by atoms with E-state index < -0.39 is 0 Å². The van der Waals surface area contributed by atoms with Crippen molar-refractivity contribution in [3.63, 3.8) is 0 Å². The lowest BCUT2D eigenvalue weighted by Crippen LogP contribution is -2.16. The molecule has 0 aromatic heterocycles. The molecule has 0 aliphatic heterocycles. The molecule has 0 bridgehead atoms. The van der Waals surface area contributed by atoms with Crippen LogP contribution in [0.25, 0.3) is 0 Å². The van der Waals surface area contributed by atoms with Gasteiger partial charge in [0.25, 0.3) is 0 Å². The van der Waals surface area contributed by atoms with Gasteiger partial charge in [0.15, 0.2) is 0 Å². The molecule has 0 atom stereocenters. The van der Waals surface area contributed by atoms with E-state index in [9.17, 15) is 14.4 Å². The average Bonchev–Trinajstić information content (AvgIpc) is 2.59. The van der Waals surface area contributed by atoms with Crippen LogP contribution in [0.2, 0.25) is 0 Å². The van der Waals surface area contributed by atoms with Crippen molar-refractivity contribution in [3.8, 4) is 0 Å². The molecule has 5 heteroatoms. The molecule has 0 N–H and O–H groups in total. The molecule has 164 valence electrons. The van der Waals surface area contributed by atoms with E-state index in [2.05, 4.69) is 27.7 Å².